The topological polar surface area (TPSA) is 37.8 Å². The summed E-state index contributed by atoms with van der Waals surface area (Å²) in [7, 11) is 0. The van der Waals surface area contributed by atoms with Crippen molar-refractivity contribution in [3.8, 4) is 10.7 Å². The van der Waals surface area contributed by atoms with Crippen molar-refractivity contribution in [2.45, 2.75) is 38.6 Å². The summed E-state index contributed by atoms with van der Waals surface area (Å²) in [6.07, 6.45) is 6.16. The highest BCUT2D eigenvalue weighted by Gasteiger charge is 2.25. The Morgan fingerprint density at radius 3 is 3.05 bits per heavy atom. The lowest BCUT2D eigenvalue weighted by atomic mass is 9.98. The summed E-state index contributed by atoms with van der Waals surface area (Å²) in [5.74, 6) is 0. The molecule has 0 fully saturated rings. The van der Waals surface area contributed by atoms with E-state index in [0.29, 0.717) is 16.1 Å². The van der Waals surface area contributed by atoms with E-state index in [1.807, 2.05) is 0 Å². The molecule has 0 bridgehead atoms. The first-order chi connectivity index (χ1) is 10.2. The van der Waals surface area contributed by atoms with Crippen molar-refractivity contribution in [2.75, 3.05) is 6.54 Å². The standard InChI is InChI=1S/C15H17Cl2N3S/c1-2-6-18-11-4-3-5-12-14(11)21-15(20-12)13-10(17)7-9(16)8-19-13/h7-8,11,18H,2-6H2,1H3. The van der Waals surface area contributed by atoms with Crippen LogP contribution < -0.4 is 5.32 Å². The number of hydrogen-bond donors (Lipinski definition) is 1. The van der Waals surface area contributed by atoms with Crippen molar-refractivity contribution in [3.63, 3.8) is 0 Å². The normalized spacial score (nSPS) is 17.8. The van der Waals surface area contributed by atoms with E-state index in [4.69, 9.17) is 28.2 Å². The lowest BCUT2D eigenvalue weighted by molar-refractivity contribution is 0.465. The van der Waals surface area contributed by atoms with Crippen LogP contribution in [0.3, 0.4) is 0 Å². The van der Waals surface area contributed by atoms with Crippen LogP contribution in [0.15, 0.2) is 12.3 Å². The fraction of sp³-hybridized carbons (Fsp3) is 0.467. The van der Waals surface area contributed by atoms with Crippen LogP contribution in [-0.2, 0) is 6.42 Å². The maximum atomic E-state index is 6.25. The first-order valence-corrected chi connectivity index (χ1v) is 8.80. The zero-order valence-electron chi connectivity index (χ0n) is 11.8. The van der Waals surface area contributed by atoms with Crippen molar-refractivity contribution in [1.29, 1.82) is 0 Å². The predicted molar refractivity (Wildman–Crippen MR) is 89.3 cm³/mol. The number of pyridine rings is 1. The molecular formula is C15H17Cl2N3S. The van der Waals surface area contributed by atoms with Gasteiger partial charge in [-0.25, -0.2) is 4.98 Å². The van der Waals surface area contributed by atoms with Gasteiger partial charge in [-0.2, -0.15) is 0 Å². The molecule has 1 N–H and O–H groups in total. The van der Waals surface area contributed by atoms with Crippen LogP contribution in [0.1, 0.15) is 42.8 Å². The number of nitrogens with one attached hydrogen (secondary N) is 1. The van der Waals surface area contributed by atoms with Crippen molar-refractivity contribution >= 4 is 34.5 Å². The molecule has 2 aromatic rings. The molecule has 3 rings (SSSR count). The number of halogens is 2. The SMILES string of the molecule is CCCNC1CCCc2nc(-c3ncc(Cl)cc3Cl)sc21. The van der Waals surface area contributed by atoms with Gasteiger partial charge < -0.3 is 5.32 Å². The van der Waals surface area contributed by atoms with E-state index in [2.05, 4.69) is 17.2 Å². The van der Waals surface area contributed by atoms with Crippen LogP contribution in [0.2, 0.25) is 10.0 Å². The van der Waals surface area contributed by atoms with Gasteiger partial charge >= 0.3 is 0 Å². The van der Waals surface area contributed by atoms with Gasteiger partial charge in [-0.3, -0.25) is 4.98 Å². The number of hydrogen-bond acceptors (Lipinski definition) is 4. The Labute approximate surface area is 138 Å². The molecular weight excluding hydrogens is 325 g/mol. The average Bonchev–Trinajstić information content (AvgIpc) is 2.89. The average molecular weight is 342 g/mol. The second-order valence-corrected chi connectivity index (χ2v) is 7.09. The van der Waals surface area contributed by atoms with Crippen LogP contribution in [0.25, 0.3) is 10.7 Å². The Bertz CT molecular complexity index is 642. The van der Waals surface area contributed by atoms with Crippen LogP contribution in [0, 0.1) is 0 Å². The number of nitrogens with zero attached hydrogens (tertiary/aromatic N) is 2. The highest BCUT2D eigenvalue weighted by Crippen LogP contribution is 2.39. The molecule has 1 aliphatic rings. The molecule has 0 amide bonds. The van der Waals surface area contributed by atoms with Gasteiger partial charge in [0.15, 0.2) is 0 Å². The maximum Gasteiger partial charge on any atom is 0.143 e. The number of thiazole rings is 1. The molecule has 0 spiro atoms. The Kier molecular flexibility index (Phi) is 4.79. The van der Waals surface area contributed by atoms with E-state index in [0.717, 1.165) is 30.1 Å². The lowest BCUT2D eigenvalue weighted by Gasteiger charge is -2.22. The first kappa shape index (κ1) is 15.2. The number of aryl methyl sites for hydroxylation is 1. The third-order valence-electron chi connectivity index (χ3n) is 3.60. The molecule has 0 saturated heterocycles. The first-order valence-electron chi connectivity index (χ1n) is 7.23. The number of aromatic nitrogens is 2. The van der Waals surface area contributed by atoms with Crippen LogP contribution in [-0.4, -0.2) is 16.5 Å². The Morgan fingerprint density at radius 2 is 2.29 bits per heavy atom. The van der Waals surface area contributed by atoms with E-state index in [9.17, 15) is 0 Å². The summed E-state index contributed by atoms with van der Waals surface area (Å²) in [6.45, 7) is 3.23. The summed E-state index contributed by atoms with van der Waals surface area (Å²) >= 11 is 13.9. The smallest absolute Gasteiger partial charge is 0.143 e. The maximum absolute atomic E-state index is 6.25. The minimum atomic E-state index is 0.422. The Balaban J connectivity index is 1.94. The van der Waals surface area contributed by atoms with Crippen molar-refractivity contribution in [1.82, 2.24) is 15.3 Å². The van der Waals surface area contributed by atoms with Gasteiger partial charge in [0.2, 0.25) is 0 Å². The molecule has 1 atom stereocenters. The zero-order chi connectivity index (χ0) is 14.8. The van der Waals surface area contributed by atoms with Gasteiger partial charge in [0, 0.05) is 17.1 Å². The number of fused-ring (bicyclic) bond motifs is 1. The summed E-state index contributed by atoms with van der Waals surface area (Å²) in [5.41, 5.74) is 1.93. The van der Waals surface area contributed by atoms with Gasteiger partial charge in [0.25, 0.3) is 0 Å². The molecule has 1 aliphatic carbocycles. The summed E-state index contributed by atoms with van der Waals surface area (Å²) in [5, 5.41) is 5.62. The second kappa shape index (κ2) is 6.61. The lowest BCUT2D eigenvalue weighted by Crippen LogP contribution is -2.24. The molecule has 0 radical (unpaired) electrons. The van der Waals surface area contributed by atoms with Crippen LogP contribution >= 0.6 is 34.5 Å². The molecule has 0 saturated carbocycles. The molecule has 0 aromatic carbocycles. The largest absolute Gasteiger partial charge is 0.309 e. The fourth-order valence-corrected chi connectivity index (χ4v) is 4.36. The highest BCUT2D eigenvalue weighted by molar-refractivity contribution is 7.15. The molecule has 2 aromatic heterocycles. The molecule has 2 heterocycles. The summed E-state index contributed by atoms with van der Waals surface area (Å²) < 4.78 is 0. The minimum Gasteiger partial charge on any atom is -0.309 e. The summed E-state index contributed by atoms with van der Waals surface area (Å²) in [6, 6.07) is 2.14. The van der Waals surface area contributed by atoms with E-state index in [-0.39, 0.29) is 0 Å². The van der Waals surface area contributed by atoms with Crippen molar-refractivity contribution in [2.24, 2.45) is 0 Å². The van der Waals surface area contributed by atoms with Crippen molar-refractivity contribution in [3.05, 3.63) is 32.9 Å². The molecule has 0 aliphatic heterocycles. The number of rotatable bonds is 4. The Hall–Kier alpha value is -0.680. The fourth-order valence-electron chi connectivity index (χ4n) is 2.61. The van der Waals surface area contributed by atoms with Gasteiger partial charge in [-0.05, 0) is 38.3 Å². The van der Waals surface area contributed by atoms with Crippen molar-refractivity contribution < 1.29 is 0 Å². The van der Waals surface area contributed by atoms with E-state index in [1.54, 1.807) is 23.6 Å². The second-order valence-electron chi connectivity index (χ2n) is 5.21. The predicted octanol–water partition coefficient (Wildman–Crippen LogP) is 4.89. The van der Waals surface area contributed by atoms with E-state index in [1.165, 1.54) is 23.4 Å². The van der Waals surface area contributed by atoms with Gasteiger partial charge in [-0.15, -0.1) is 11.3 Å². The Morgan fingerprint density at radius 1 is 1.43 bits per heavy atom. The molecule has 3 nitrogen and oxygen atoms in total. The monoisotopic (exact) mass is 341 g/mol. The molecule has 112 valence electrons. The third-order valence-corrected chi connectivity index (χ3v) is 5.31. The van der Waals surface area contributed by atoms with Crippen LogP contribution in [0.5, 0.6) is 0 Å². The van der Waals surface area contributed by atoms with Gasteiger partial charge in [0.1, 0.15) is 10.7 Å². The zero-order valence-corrected chi connectivity index (χ0v) is 14.2. The highest BCUT2D eigenvalue weighted by atomic mass is 35.5. The van der Waals surface area contributed by atoms with Gasteiger partial charge in [0.05, 0.1) is 15.7 Å². The van der Waals surface area contributed by atoms with E-state index >= 15 is 0 Å². The van der Waals surface area contributed by atoms with E-state index < -0.39 is 0 Å². The quantitative estimate of drug-likeness (QED) is 0.860. The third kappa shape index (κ3) is 3.24. The van der Waals surface area contributed by atoms with Crippen LogP contribution in [0.4, 0.5) is 0 Å². The van der Waals surface area contributed by atoms with Gasteiger partial charge in [-0.1, -0.05) is 30.1 Å². The molecule has 1 unspecified atom stereocenters. The molecule has 21 heavy (non-hydrogen) atoms. The molecule has 6 heteroatoms. The minimum absolute atomic E-state index is 0.422. The summed E-state index contributed by atoms with van der Waals surface area (Å²) in [4.78, 5) is 10.4.